The van der Waals surface area contributed by atoms with Crippen LogP contribution in [0, 0.1) is 6.92 Å². The van der Waals surface area contributed by atoms with Crippen LogP contribution in [-0.2, 0) is 15.7 Å². The van der Waals surface area contributed by atoms with Crippen LogP contribution in [0.1, 0.15) is 46.4 Å². The van der Waals surface area contributed by atoms with E-state index in [2.05, 4.69) is 5.32 Å². The number of carbonyl (C=O) groups is 2. The Labute approximate surface area is 155 Å². The van der Waals surface area contributed by atoms with Crippen LogP contribution in [-0.4, -0.2) is 18.5 Å². The van der Waals surface area contributed by atoms with Gasteiger partial charge >= 0.3 is 12.1 Å². The molecule has 1 amide bonds. The van der Waals surface area contributed by atoms with Crippen LogP contribution in [0.3, 0.4) is 0 Å². The van der Waals surface area contributed by atoms with Gasteiger partial charge in [0.25, 0.3) is 5.91 Å². The molecule has 0 saturated heterocycles. The molecule has 0 bridgehead atoms. The maximum Gasteiger partial charge on any atom is 0.416 e. The van der Waals surface area contributed by atoms with Gasteiger partial charge in [0.1, 0.15) is 0 Å². The molecule has 0 saturated carbocycles. The van der Waals surface area contributed by atoms with E-state index in [-0.39, 0.29) is 11.6 Å². The second-order valence-corrected chi connectivity index (χ2v) is 6.09. The molecule has 7 heteroatoms. The Balaban J connectivity index is 1.90. The fourth-order valence-corrected chi connectivity index (χ4v) is 2.47. The Morgan fingerprint density at radius 1 is 1.04 bits per heavy atom. The second-order valence-electron chi connectivity index (χ2n) is 6.09. The number of hydrogen-bond acceptors (Lipinski definition) is 3. The van der Waals surface area contributed by atoms with Crippen molar-refractivity contribution < 1.29 is 27.5 Å². The number of benzene rings is 2. The van der Waals surface area contributed by atoms with Crippen LogP contribution in [0.2, 0.25) is 0 Å². The molecule has 4 nitrogen and oxygen atoms in total. The highest BCUT2D eigenvalue weighted by atomic mass is 19.4. The van der Waals surface area contributed by atoms with Gasteiger partial charge < -0.3 is 10.1 Å². The van der Waals surface area contributed by atoms with Gasteiger partial charge in [-0.15, -0.1) is 0 Å². The largest absolute Gasteiger partial charge is 0.452 e. The van der Waals surface area contributed by atoms with Gasteiger partial charge in [-0.1, -0.05) is 36.8 Å². The number of alkyl halides is 3. The molecule has 0 unspecified atom stereocenters. The average Bonchev–Trinajstić information content (AvgIpc) is 2.64. The van der Waals surface area contributed by atoms with Crippen LogP contribution in [0.15, 0.2) is 48.5 Å². The van der Waals surface area contributed by atoms with Gasteiger partial charge in [0.2, 0.25) is 0 Å². The van der Waals surface area contributed by atoms with Gasteiger partial charge in [0.15, 0.2) is 6.61 Å². The summed E-state index contributed by atoms with van der Waals surface area (Å²) in [5.41, 5.74) is 1.12. The van der Waals surface area contributed by atoms with E-state index in [1.54, 1.807) is 0 Å². The molecule has 2 rings (SSSR count). The predicted octanol–water partition coefficient (Wildman–Crippen LogP) is 4.44. The minimum atomic E-state index is -4.48. The third-order valence-corrected chi connectivity index (χ3v) is 4.01. The van der Waals surface area contributed by atoms with Crippen molar-refractivity contribution in [3.8, 4) is 0 Å². The average molecular weight is 379 g/mol. The lowest BCUT2D eigenvalue weighted by atomic mass is 10.0. The topological polar surface area (TPSA) is 55.4 Å². The normalized spacial score (nSPS) is 12.3. The standard InChI is InChI=1S/C20H20F3NO3/c1-3-17(14-6-4-13(2)5-7-14)24-18(25)12-27-19(26)15-8-10-16(11-9-15)20(21,22)23/h4-11,17H,3,12H2,1-2H3,(H,24,25)/t17-/m0/s1. The van der Waals surface area contributed by atoms with Gasteiger partial charge in [-0.05, 0) is 43.2 Å². The van der Waals surface area contributed by atoms with Crippen LogP contribution in [0.25, 0.3) is 0 Å². The lowest BCUT2D eigenvalue weighted by Gasteiger charge is -2.17. The lowest BCUT2D eigenvalue weighted by Crippen LogP contribution is -2.32. The number of amides is 1. The number of nitrogens with one attached hydrogen (secondary N) is 1. The van der Waals surface area contributed by atoms with Gasteiger partial charge in [0.05, 0.1) is 17.2 Å². The Hall–Kier alpha value is -2.83. The smallest absolute Gasteiger partial charge is 0.416 e. The van der Waals surface area contributed by atoms with E-state index in [9.17, 15) is 22.8 Å². The summed E-state index contributed by atoms with van der Waals surface area (Å²) in [4.78, 5) is 23.9. The molecular formula is C20H20F3NO3. The lowest BCUT2D eigenvalue weighted by molar-refractivity contribution is -0.137. The van der Waals surface area contributed by atoms with Crippen LogP contribution < -0.4 is 5.32 Å². The summed E-state index contributed by atoms with van der Waals surface area (Å²) >= 11 is 0. The molecule has 1 atom stereocenters. The second kappa shape index (κ2) is 8.70. The maximum atomic E-state index is 12.5. The molecule has 0 spiro atoms. The Morgan fingerprint density at radius 2 is 1.63 bits per heavy atom. The van der Waals surface area contributed by atoms with Crippen LogP contribution in [0.5, 0.6) is 0 Å². The fourth-order valence-electron chi connectivity index (χ4n) is 2.47. The summed E-state index contributed by atoms with van der Waals surface area (Å²) in [7, 11) is 0. The zero-order valence-electron chi connectivity index (χ0n) is 15.0. The molecule has 0 fully saturated rings. The Bertz CT molecular complexity index is 784. The molecule has 0 aliphatic heterocycles. The Morgan fingerprint density at radius 3 is 2.15 bits per heavy atom. The third kappa shape index (κ3) is 5.84. The van der Waals surface area contributed by atoms with E-state index in [4.69, 9.17) is 4.74 Å². The first-order valence-electron chi connectivity index (χ1n) is 8.41. The summed E-state index contributed by atoms with van der Waals surface area (Å²) in [6.45, 7) is 3.37. The van der Waals surface area contributed by atoms with E-state index in [1.165, 1.54) is 0 Å². The summed E-state index contributed by atoms with van der Waals surface area (Å²) in [6, 6.07) is 11.1. The number of halogens is 3. The molecule has 27 heavy (non-hydrogen) atoms. The molecular weight excluding hydrogens is 359 g/mol. The van der Waals surface area contributed by atoms with Gasteiger partial charge in [-0.2, -0.15) is 13.2 Å². The summed E-state index contributed by atoms with van der Waals surface area (Å²) in [5.74, 6) is -1.34. The van der Waals surface area contributed by atoms with Crippen molar-refractivity contribution in [2.24, 2.45) is 0 Å². The van der Waals surface area contributed by atoms with Crippen molar-refractivity contribution in [1.29, 1.82) is 0 Å². The quantitative estimate of drug-likeness (QED) is 0.755. The summed E-state index contributed by atoms with van der Waals surface area (Å²) in [6.07, 6.45) is -3.82. The van der Waals surface area contributed by atoms with Crippen molar-refractivity contribution in [3.05, 3.63) is 70.8 Å². The summed E-state index contributed by atoms with van der Waals surface area (Å²) in [5, 5.41) is 2.77. The predicted molar refractivity (Wildman–Crippen MR) is 94.1 cm³/mol. The SMILES string of the molecule is CC[C@H](NC(=O)COC(=O)c1ccc(C(F)(F)F)cc1)c1ccc(C)cc1. The van der Waals surface area contributed by atoms with Crippen molar-refractivity contribution in [2.75, 3.05) is 6.61 Å². The van der Waals surface area contributed by atoms with Crippen molar-refractivity contribution >= 4 is 11.9 Å². The minimum absolute atomic E-state index is 0.0543. The monoisotopic (exact) mass is 379 g/mol. The van der Waals surface area contributed by atoms with E-state index in [1.807, 2.05) is 38.1 Å². The fraction of sp³-hybridized carbons (Fsp3) is 0.300. The molecule has 2 aromatic rings. The third-order valence-electron chi connectivity index (χ3n) is 4.01. The molecule has 0 radical (unpaired) electrons. The van der Waals surface area contributed by atoms with Crippen LogP contribution in [0.4, 0.5) is 13.2 Å². The zero-order valence-corrected chi connectivity index (χ0v) is 15.0. The van der Waals surface area contributed by atoms with Gasteiger partial charge in [-0.25, -0.2) is 4.79 Å². The molecule has 0 heterocycles. The highest BCUT2D eigenvalue weighted by molar-refractivity contribution is 5.91. The molecule has 144 valence electrons. The highest BCUT2D eigenvalue weighted by Gasteiger charge is 2.30. The van der Waals surface area contributed by atoms with Crippen molar-refractivity contribution in [2.45, 2.75) is 32.5 Å². The van der Waals surface area contributed by atoms with E-state index in [0.717, 1.165) is 35.4 Å². The van der Waals surface area contributed by atoms with E-state index in [0.29, 0.717) is 6.42 Å². The Kier molecular flexibility index (Phi) is 6.60. The number of carbonyl (C=O) groups excluding carboxylic acids is 2. The van der Waals surface area contributed by atoms with Crippen molar-refractivity contribution in [3.63, 3.8) is 0 Å². The number of hydrogen-bond donors (Lipinski definition) is 1. The maximum absolute atomic E-state index is 12.5. The first-order valence-corrected chi connectivity index (χ1v) is 8.41. The number of rotatable bonds is 6. The molecule has 2 aromatic carbocycles. The van der Waals surface area contributed by atoms with Crippen molar-refractivity contribution in [1.82, 2.24) is 5.32 Å². The number of esters is 1. The number of ether oxygens (including phenoxy) is 1. The molecule has 1 N–H and O–H groups in total. The zero-order chi connectivity index (χ0) is 20.0. The van der Waals surface area contributed by atoms with Crippen LogP contribution >= 0.6 is 0 Å². The van der Waals surface area contributed by atoms with Gasteiger partial charge in [0, 0.05) is 0 Å². The first-order chi connectivity index (χ1) is 12.7. The molecule has 0 aromatic heterocycles. The number of aryl methyl sites for hydroxylation is 1. The molecule has 0 aliphatic carbocycles. The summed E-state index contributed by atoms with van der Waals surface area (Å²) < 4.78 is 42.5. The minimum Gasteiger partial charge on any atom is -0.452 e. The molecule has 0 aliphatic rings. The van der Waals surface area contributed by atoms with E-state index < -0.39 is 30.2 Å². The van der Waals surface area contributed by atoms with E-state index >= 15 is 0 Å². The highest BCUT2D eigenvalue weighted by Crippen LogP contribution is 2.29. The first kappa shape index (κ1) is 20.5. The van der Waals surface area contributed by atoms with Gasteiger partial charge in [-0.3, -0.25) is 4.79 Å².